The molecule has 3 aromatic rings. The predicted molar refractivity (Wildman–Crippen MR) is 122 cm³/mol. The minimum Gasteiger partial charge on any atom is -0.507 e. The molecule has 9 heteroatoms. The van der Waals surface area contributed by atoms with Gasteiger partial charge in [-0.05, 0) is 54.1 Å². The number of benzene rings is 3. The minimum absolute atomic E-state index is 0.182. The second-order valence-corrected chi connectivity index (χ2v) is 7.66. The van der Waals surface area contributed by atoms with Gasteiger partial charge in [0.15, 0.2) is 0 Å². The van der Waals surface area contributed by atoms with E-state index in [4.69, 9.17) is 16.3 Å². The number of Topliss-reactive ketones (excluding diaryl/α,β-unsaturated/α-hetero) is 1. The van der Waals surface area contributed by atoms with Gasteiger partial charge in [-0.3, -0.25) is 24.6 Å². The number of hydrogen-bond donors (Lipinski definition) is 1. The minimum atomic E-state index is -1.09. The highest BCUT2D eigenvalue weighted by atomic mass is 35.5. The average Bonchev–Trinajstić information content (AvgIpc) is 3.09. The highest BCUT2D eigenvalue weighted by Gasteiger charge is 2.47. The molecule has 1 atom stereocenters. The smallest absolute Gasteiger partial charge is 0.300 e. The fourth-order valence-corrected chi connectivity index (χ4v) is 3.85. The van der Waals surface area contributed by atoms with Gasteiger partial charge in [0.2, 0.25) is 0 Å². The number of amides is 1. The number of halogens is 1. The van der Waals surface area contributed by atoms with Crippen LogP contribution in [0.2, 0.25) is 5.02 Å². The van der Waals surface area contributed by atoms with E-state index in [1.165, 1.54) is 42.3 Å². The highest BCUT2D eigenvalue weighted by Crippen LogP contribution is 2.43. The Morgan fingerprint density at radius 1 is 1.06 bits per heavy atom. The van der Waals surface area contributed by atoms with Crippen molar-refractivity contribution in [2.24, 2.45) is 0 Å². The zero-order valence-corrected chi connectivity index (χ0v) is 18.0. The van der Waals surface area contributed by atoms with E-state index in [0.717, 1.165) is 0 Å². The Balaban J connectivity index is 1.94. The summed E-state index contributed by atoms with van der Waals surface area (Å²) in [5.41, 5.74) is 0.555. The molecule has 1 amide bonds. The monoisotopic (exact) mass is 464 g/mol. The van der Waals surface area contributed by atoms with Gasteiger partial charge in [-0.15, -0.1) is 0 Å². The molecule has 4 rings (SSSR count). The molecule has 1 heterocycles. The number of carbonyl (C=O) groups is 2. The van der Waals surface area contributed by atoms with Gasteiger partial charge in [0.25, 0.3) is 17.4 Å². The number of ether oxygens (including phenoxy) is 1. The Kier molecular flexibility index (Phi) is 5.85. The lowest BCUT2D eigenvalue weighted by Gasteiger charge is -2.25. The van der Waals surface area contributed by atoms with Crippen LogP contribution < -0.4 is 9.64 Å². The number of nitro groups is 1. The standard InChI is InChI=1S/C24H17ClN2O6/c1-33-19-11-9-17(10-12-19)26-21(15-3-2-4-18(13-15)27(31)32)20(23(29)24(26)30)22(28)14-5-7-16(25)8-6-14/h2-13,21,28H,1H3/b22-20+/t21-/m1/s1. The molecule has 8 nitrogen and oxygen atoms in total. The summed E-state index contributed by atoms with van der Waals surface area (Å²) < 4.78 is 5.15. The van der Waals surface area contributed by atoms with E-state index in [-0.39, 0.29) is 16.8 Å². The molecule has 0 bridgehead atoms. The number of methoxy groups -OCH3 is 1. The van der Waals surface area contributed by atoms with Gasteiger partial charge < -0.3 is 9.84 Å². The van der Waals surface area contributed by atoms with Crippen LogP contribution in [0.1, 0.15) is 17.2 Å². The van der Waals surface area contributed by atoms with E-state index >= 15 is 0 Å². The summed E-state index contributed by atoms with van der Waals surface area (Å²) in [6.45, 7) is 0. The Labute approximate surface area is 193 Å². The molecule has 1 saturated heterocycles. The average molecular weight is 465 g/mol. The van der Waals surface area contributed by atoms with Gasteiger partial charge in [0.05, 0.1) is 23.6 Å². The molecule has 0 saturated carbocycles. The maximum Gasteiger partial charge on any atom is 0.300 e. The van der Waals surface area contributed by atoms with Gasteiger partial charge in [-0.25, -0.2) is 0 Å². The van der Waals surface area contributed by atoms with Crippen LogP contribution in [0.15, 0.2) is 78.4 Å². The zero-order chi connectivity index (χ0) is 23.7. The van der Waals surface area contributed by atoms with Crippen LogP contribution in [0.25, 0.3) is 5.76 Å². The number of ketones is 1. The molecule has 0 aromatic heterocycles. The summed E-state index contributed by atoms with van der Waals surface area (Å²) >= 11 is 5.93. The molecule has 0 radical (unpaired) electrons. The number of anilines is 1. The van der Waals surface area contributed by atoms with E-state index in [2.05, 4.69) is 0 Å². The Morgan fingerprint density at radius 2 is 1.73 bits per heavy atom. The van der Waals surface area contributed by atoms with Crippen LogP contribution in [0.5, 0.6) is 5.75 Å². The van der Waals surface area contributed by atoms with Crippen molar-refractivity contribution in [1.82, 2.24) is 0 Å². The Morgan fingerprint density at radius 3 is 2.33 bits per heavy atom. The molecule has 1 N–H and O–H groups in total. The zero-order valence-electron chi connectivity index (χ0n) is 17.3. The van der Waals surface area contributed by atoms with E-state index in [1.54, 1.807) is 42.5 Å². The molecule has 3 aromatic carbocycles. The number of rotatable bonds is 5. The Hall–Kier alpha value is -4.17. The molecule has 1 aliphatic heterocycles. The lowest BCUT2D eigenvalue weighted by Crippen LogP contribution is -2.29. The fraction of sp³-hybridized carbons (Fsp3) is 0.0833. The van der Waals surface area contributed by atoms with Crippen LogP contribution >= 0.6 is 11.6 Å². The number of non-ortho nitro benzene ring substituents is 1. The molecule has 0 aliphatic carbocycles. The topological polar surface area (TPSA) is 110 Å². The number of nitro benzene ring substituents is 1. The van der Waals surface area contributed by atoms with Crippen molar-refractivity contribution >= 4 is 40.4 Å². The van der Waals surface area contributed by atoms with Crippen molar-refractivity contribution in [2.75, 3.05) is 12.0 Å². The first-order chi connectivity index (χ1) is 15.8. The van der Waals surface area contributed by atoms with Gasteiger partial charge in [-0.1, -0.05) is 23.7 Å². The van der Waals surface area contributed by atoms with Crippen LogP contribution in [0.4, 0.5) is 11.4 Å². The maximum atomic E-state index is 13.1. The van der Waals surface area contributed by atoms with Crippen molar-refractivity contribution in [3.05, 3.63) is 105 Å². The van der Waals surface area contributed by atoms with E-state index in [9.17, 15) is 24.8 Å². The number of carbonyl (C=O) groups excluding carboxylic acids is 2. The summed E-state index contributed by atoms with van der Waals surface area (Å²) in [4.78, 5) is 38.2. The van der Waals surface area contributed by atoms with E-state index in [1.807, 2.05) is 0 Å². The third-order valence-electron chi connectivity index (χ3n) is 5.31. The SMILES string of the molecule is COc1ccc(N2C(=O)C(=O)/C(=C(/O)c3ccc(Cl)cc3)[C@H]2c2cccc([N+](=O)[O-])c2)cc1. The second-order valence-electron chi connectivity index (χ2n) is 7.23. The molecule has 0 spiro atoms. The van der Waals surface area contributed by atoms with Crippen molar-refractivity contribution in [2.45, 2.75) is 6.04 Å². The normalized spacial score (nSPS) is 17.3. The largest absolute Gasteiger partial charge is 0.507 e. The van der Waals surface area contributed by atoms with Crippen molar-refractivity contribution < 1.29 is 24.4 Å². The summed E-state index contributed by atoms with van der Waals surface area (Å²) in [6, 6.07) is 17.1. The number of nitrogens with zero attached hydrogens (tertiary/aromatic N) is 2. The van der Waals surface area contributed by atoms with E-state index < -0.39 is 28.4 Å². The van der Waals surface area contributed by atoms with E-state index in [0.29, 0.717) is 22.0 Å². The molecular formula is C24H17ClN2O6. The molecular weight excluding hydrogens is 448 g/mol. The number of hydrogen-bond acceptors (Lipinski definition) is 6. The third-order valence-corrected chi connectivity index (χ3v) is 5.56. The summed E-state index contributed by atoms with van der Waals surface area (Å²) in [5, 5.41) is 22.8. The highest BCUT2D eigenvalue weighted by molar-refractivity contribution is 6.51. The van der Waals surface area contributed by atoms with Gasteiger partial charge in [-0.2, -0.15) is 0 Å². The van der Waals surface area contributed by atoms with Crippen molar-refractivity contribution in [1.29, 1.82) is 0 Å². The number of aliphatic hydroxyl groups excluding tert-OH is 1. The quantitative estimate of drug-likeness (QED) is 0.189. The van der Waals surface area contributed by atoms with Crippen LogP contribution in [-0.2, 0) is 9.59 Å². The maximum absolute atomic E-state index is 13.1. The van der Waals surface area contributed by atoms with Crippen LogP contribution in [0.3, 0.4) is 0 Å². The van der Waals surface area contributed by atoms with Crippen molar-refractivity contribution in [3.8, 4) is 5.75 Å². The second kappa shape index (κ2) is 8.76. The molecule has 1 aliphatic rings. The summed E-state index contributed by atoms with van der Waals surface area (Å²) in [7, 11) is 1.50. The van der Waals surface area contributed by atoms with Crippen LogP contribution in [-0.4, -0.2) is 28.8 Å². The van der Waals surface area contributed by atoms with Gasteiger partial charge in [0.1, 0.15) is 11.5 Å². The summed E-state index contributed by atoms with van der Waals surface area (Å²) in [6.07, 6.45) is 0. The lowest BCUT2D eigenvalue weighted by molar-refractivity contribution is -0.384. The summed E-state index contributed by atoms with van der Waals surface area (Å²) in [5.74, 6) is -1.64. The first-order valence-electron chi connectivity index (χ1n) is 9.77. The lowest BCUT2D eigenvalue weighted by atomic mass is 9.95. The third kappa shape index (κ3) is 4.04. The molecule has 166 valence electrons. The molecule has 33 heavy (non-hydrogen) atoms. The first kappa shape index (κ1) is 22.0. The number of aliphatic hydroxyl groups is 1. The fourth-order valence-electron chi connectivity index (χ4n) is 3.73. The predicted octanol–water partition coefficient (Wildman–Crippen LogP) is 4.88. The molecule has 1 fully saturated rings. The van der Waals surface area contributed by atoms with Crippen molar-refractivity contribution in [3.63, 3.8) is 0 Å². The Bertz CT molecular complexity index is 1290. The first-order valence-corrected chi connectivity index (χ1v) is 10.1. The van der Waals surface area contributed by atoms with Gasteiger partial charge in [0, 0.05) is 28.4 Å². The van der Waals surface area contributed by atoms with Crippen LogP contribution in [0, 0.1) is 10.1 Å². The van der Waals surface area contributed by atoms with Gasteiger partial charge >= 0.3 is 0 Å². The molecule has 0 unspecified atom stereocenters.